The summed E-state index contributed by atoms with van der Waals surface area (Å²) in [5.74, 6) is -0.358. The average Bonchev–Trinajstić information content (AvgIpc) is 3.15. The molecular weight excluding hydrogens is 446 g/mol. The van der Waals surface area contributed by atoms with E-state index in [1.165, 1.54) is 11.3 Å². The summed E-state index contributed by atoms with van der Waals surface area (Å²) in [6.45, 7) is 10.9. The number of piperazine rings is 1. The van der Waals surface area contributed by atoms with Crippen LogP contribution in [0.5, 0.6) is 0 Å². The maximum Gasteiger partial charge on any atom is 0.290 e. The van der Waals surface area contributed by atoms with E-state index in [1.807, 2.05) is 18.2 Å². The van der Waals surface area contributed by atoms with E-state index in [0.717, 1.165) is 65.5 Å². The van der Waals surface area contributed by atoms with Crippen molar-refractivity contribution in [2.75, 3.05) is 31.1 Å². The van der Waals surface area contributed by atoms with Crippen LogP contribution in [-0.2, 0) is 4.79 Å². The Morgan fingerprint density at radius 3 is 2.53 bits per heavy atom. The quantitative estimate of drug-likeness (QED) is 0.561. The first-order valence-electron chi connectivity index (χ1n) is 11.5. The molecule has 7 nitrogen and oxygen atoms in total. The van der Waals surface area contributed by atoms with Crippen molar-refractivity contribution < 1.29 is 9.59 Å². The van der Waals surface area contributed by atoms with Gasteiger partial charge in [-0.05, 0) is 79.6 Å². The van der Waals surface area contributed by atoms with Crippen LogP contribution in [0.25, 0.3) is 28.1 Å². The molecule has 0 spiro atoms. The lowest BCUT2D eigenvalue weighted by Crippen LogP contribution is -2.49. The van der Waals surface area contributed by atoms with Crippen LogP contribution in [0, 0.1) is 6.92 Å². The maximum absolute atomic E-state index is 11.9. The maximum atomic E-state index is 11.9. The van der Waals surface area contributed by atoms with Crippen LogP contribution in [0.4, 0.5) is 10.5 Å². The van der Waals surface area contributed by atoms with Gasteiger partial charge in [-0.3, -0.25) is 19.8 Å². The third-order valence-corrected chi connectivity index (χ3v) is 7.31. The van der Waals surface area contributed by atoms with Crippen LogP contribution in [0.3, 0.4) is 0 Å². The van der Waals surface area contributed by atoms with Crippen LogP contribution >= 0.6 is 11.8 Å². The minimum Gasteiger partial charge on any atom is -0.369 e. The molecule has 8 heteroatoms. The fourth-order valence-corrected chi connectivity index (χ4v) is 5.31. The number of carbonyl (C=O) groups is 2. The lowest BCUT2D eigenvalue weighted by molar-refractivity contribution is -0.115. The largest absolute Gasteiger partial charge is 0.369 e. The Bertz CT molecular complexity index is 1310. The molecule has 0 radical (unpaired) electrons. The van der Waals surface area contributed by atoms with E-state index in [2.05, 4.69) is 64.3 Å². The van der Waals surface area contributed by atoms with E-state index in [9.17, 15) is 9.59 Å². The lowest BCUT2D eigenvalue weighted by atomic mass is 9.98. The predicted octanol–water partition coefficient (Wildman–Crippen LogP) is 4.46. The van der Waals surface area contributed by atoms with E-state index >= 15 is 0 Å². The molecule has 0 unspecified atom stereocenters. The molecule has 34 heavy (non-hydrogen) atoms. The molecule has 0 atom stereocenters. The molecule has 1 N–H and O–H groups in total. The second-order valence-electron chi connectivity index (χ2n) is 9.01. The number of hydrogen-bond acceptors (Lipinski definition) is 7. The highest BCUT2D eigenvalue weighted by Crippen LogP contribution is 2.33. The van der Waals surface area contributed by atoms with Gasteiger partial charge in [-0.15, -0.1) is 0 Å². The van der Waals surface area contributed by atoms with Crippen molar-refractivity contribution in [3.05, 3.63) is 58.6 Å². The number of rotatable bonds is 4. The van der Waals surface area contributed by atoms with E-state index in [-0.39, 0.29) is 11.1 Å². The monoisotopic (exact) mass is 473 g/mol. The number of benzene rings is 2. The molecule has 1 aromatic heterocycles. The van der Waals surface area contributed by atoms with E-state index < -0.39 is 0 Å². The molecule has 2 saturated heterocycles. The Hall–Kier alpha value is -3.23. The Morgan fingerprint density at radius 1 is 1.06 bits per heavy atom. The van der Waals surface area contributed by atoms with Gasteiger partial charge in [0.1, 0.15) is 0 Å². The molecule has 2 aliphatic heterocycles. The fraction of sp³-hybridized carbons (Fsp3) is 0.308. The van der Waals surface area contributed by atoms with Gasteiger partial charge in [-0.25, -0.2) is 0 Å². The first-order chi connectivity index (χ1) is 16.4. The van der Waals surface area contributed by atoms with Gasteiger partial charge < -0.3 is 4.90 Å². The molecule has 174 valence electrons. The minimum absolute atomic E-state index is 0.343. The molecule has 3 aromatic rings. The van der Waals surface area contributed by atoms with Crippen molar-refractivity contribution in [3.63, 3.8) is 0 Å². The third-order valence-electron chi connectivity index (χ3n) is 6.50. The minimum atomic E-state index is -0.358. The molecule has 0 saturated carbocycles. The molecule has 2 aliphatic rings. The number of fused-ring (bicyclic) bond motifs is 1. The zero-order chi connectivity index (χ0) is 23.8. The van der Waals surface area contributed by atoms with Crippen LogP contribution in [0.2, 0.25) is 0 Å². The molecule has 5 rings (SSSR count). The highest BCUT2D eigenvalue weighted by Gasteiger charge is 2.25. The molecule has 2 fully saturated rings. The number of aromatic nitrogens is 2. The molecule has 2 aromatic carbocycles. The van der Waals surface area contributed by atoms with Crippen LogP contribution in [-0.4, -0.2) is 58.5 Å². The standard InChI is InChI=1S/C26H27N5O2S/c1-16(2)30-8-10-31(11-9-30)23-7-5-19(12-17(23)3)21-15-27-29-22-6-4-18(13-20(21)22)14-24-25(32)28-26(33)34-24/h4-7,12-16H,8-11H2,1-3H3,(H,28,32,33). The smallest absolute Gasteiger partial charge is 0.290 e. The van der Waals surface area contributed by atoms with Crippen LogP contribution in [0.1, 0.15) is 25.0 Å². The summed E-state index contributed by atoms with van der Waals surface area (Å²) in [7, 11) is 0. The highest BCUT2D eigenvalue weighted by atomic mass is 32.2. The number of carbonyl (C=O) groups excluding carboxylic acids is 2. The number of aryl methyl sites for hydroxylation is 1. The Balaban J connectivity index is 1.46. The number of imide groups is 1. The molecule has 0 bridgehead atoms. The van der Waals surface area contributed by atoms with Crippen molar-refractivity contribution >= 4 is 45.6 Å². The van der Waals surface area contributed by atoms with Gasteiger partial charge in [0.05, 0.1) is 16.6 Å². The second kappa shape index (κ2) is 9.19. The van der Waals surface area contributed by atoms with Gasteiger partial charge in [0.2, 0.25) is 0 Å². The Labute approximate surface area is 203 Å². The first kappa shape index (κ1) is 22.6. The number of hydrogen-bond donors (Lipinski definition) is 1. The predicted molar refractivity (Wildman–Crippen MR) is 138 cm³/mol. The van der Waals surface area contributed by atoms with E-state index in [4.69, 9.17) is 0 Å². The lowest BCUT2D eigenvalue weighted by Gasteiger charge is -2.38. The third kappa shape index (κ3) is 4.43. The summed E-state index contributed by atoms with van der Waals surface area (Å²) >= 11 is 0.919. The van der Waals surface area contributed by atoms with Gasteiger partial charge >= 0.3 is 0 Å². The van der Waals surface area contributed by atoms with Crippen molar-refractivity contribution in [3.8, 4) is 11.1 Å². The van der Waals surface area contributed by atoms with Gasteiger partial charge in [-0.1, -0.05) is 12.1 Å². The summed E-state index contributed by atoms with van der Waals surface area (Å²) in [6.07, 6.45) is 3.52. The summed E-state index contributed by atoms with van der Waals surface area (Å²) in [5.41, 5.74) is 6.20. The fourth-order valence-electron chi connectivity index (χ4n) is 4.62. The number of thioether (sulfide) groups is 1. The average molecular weight is 474 g/mol. The van der Waals surface area contributed by atoms with Crippen molar-refractivity contribution in [1.82, 2.24) is 20.4 Å². The zero-order valence-electron chi connectivity index (χ0n) is 19.5. The number of amides is 2. The molecule has 0 aliphatic carbocycles. The molecule has 3 heterocycles. The number of nitrogens with one attached hydrogen (secondary N) is 1. The normalized spacial score (nSPS) is 18.4. The number of nitrogens with zero attached hydrogens (tertiary/aromatic N) is 4. The highest BCUT2D eigenvalue weighted by molar-refractivity contribution is 8.18. The zero-order valence-corrected chi connectivity index (χ0v) is 20.4. The summed E-state index contributed by atoms with van der Waals surface area (Å²) < 4.78 is 0. The van der Waals surface area contributed by atoms with Crippen molar-refractivity contribution in [2.24, 2.45) is 0 Å². The Morgan fingerprint density at radius 2 is 1.85 bits per heavy atom. The summed E-state index contributed by atoms with van der Waals surface area (Å²) in [5, 5.41) is 11.4. The molecular formula is C26H27N5O2S. The van der Waals surface area contributed by atoms with Gasteiger partial charge in [0, 0.05) is 48.9 Å². The number of anilines is 1. The topological polar surface area (TPSA) is 78.4 Å². The Kier molecular flexibility index (Phi) is 6.10. The first-order valence-corrected chi connectivity index (χ1v) is 12.3. The summed E-state index contributed by atoms with van der Waals surface area (Å²) in [4.78, 5) is 28.8. The summed E-state index contributed by atoms with van der Waals surface area (Å²) in [6, 6.07) is 12.9. The van der Waals surface area contributed by atoms with E-state index in [0.29, 0.717) is 10.9 Å². The van der Waals surface area contributed by atoms with Crippen molar-refractivity contribution in [1.29, 1.82) is 0 Å². The second-order valence-corrected chi connectivity index (χ2v) is 10.0. The van der Waals surface area contributed by atoms with Crippen LogP contribution < -0.4 is 10.2 Å². The van der Waals surface area contributed by atoms with Crippen molar-refractivity contribution in [2.45, 2.75) is 26.8 Å². The van der Waals surface area contributed by atoms with Gasteiger partial charge in [-0.2, -0.15) is 10.2 Å². The van der Waals surface area contributed by atoms with Crippen LogP contribution in [0.15, 0.2) is 47.5 Å². The SMILES string of the molecule is Cc1cc(-c2cnnc3ccc(C=C4SC(=O)NC4=O)cc23)ccc1N1CCN(C(C)C)CC1. The molecule has 2 amide bonds. The van der Waals surface area contributed by atoms with Gasteiger partial charge in [0.25, 0.3) is 11.1 Å². The van der Waals surface area contributed by atoms with E-state index in [1.54, 1.807) is 12.3 Å². The van der Waals surface area contributed by atoms with Gasteiger partial charge in [0.15, 0.2) is 0 Å².